The maximum Gasteiger partial charge on any atom is 0.0850 e. The van der Waals surface area contributed by atoms with Gasteiger partial charge in [-0.25, -0.2) is 0 Å². The molecule has 3 saturated carbocycles. The fraction of sp³-hybridized carbons (Fsp3) is 0.760. The first kappa shape index (κ1) is 22.1. The fourth-order valence-corrected chi connectivity index (χ4v) is 14.3. The SMILES string of the molecule is [I-].c1ccc(C[P+](C2CCCCC2)(C2CCCCC2)C2CCCCC2)cc1. The van der Waals surface area contributed by atoms with Gasteiger partial charge in [-0.3, -0.25) is 0 Å². The van der Waals surface area contributed by atoms with Gasteiger partial charge in [-0.05, 0) is 82.6 Å². The van der Waals surface area contributed by atoms with Crippen molar-refractivity contribution in [3.8, 4) is 0 Å². The first-order valence-corrected chi connectivity index (χ1v) is 14.0. The van der Waals surface area contributed by atoms with Gasteiger partial charge in [0.25, 0.3) is 0 Å². The highest BCUT2D eigenvalue weighted by Gasteiger charge is 2.56. The summed E-state index contributed by atoms with van der Waals surface area (Å²) in [5, 5.41) is 0. The van der Waals surface area contributed by atoms with Gasteiger partial charge < -0.3 is 24.0 Å². The van der Waals surface area contributed by atoms with Crippen LogP contribution in [0.5, 0.6) is 0 Å². The Morgan fingerprint density at radius 3 is 1.30 bits per heavy atom. The van der Waals surface area contributed by atoms with Gasteiger partial charge in [-0.15, -0.1) is 0 Å². The molecule has 3 aliphatic rings. The summed E-state index contributed by atoms with van der Waals surface area (Å²) in [5.41, 5.74) is 5.02. The van der Waals surface area contributed by atoms with Gasteiger partial charge in [0.05, 0.1) is 23.1 Å². The molecule has 0 nitrogen and oxygen atoms in total. The van der Waals surface area contributed by atoms with Gasteiger partial charge in [0.15, 0.2) is 0 Å². The van der Waals surface area contributed by atoms with Gasteiger partial charge in [0.2, 0.25) is 0 Å². The van der Waals surface area contributed by atoms with Crippen LogP contribution in [0.2, 0.25) is 0 Å². The van der Waals surface area contributed by atoms with Crippen LogP contribution in [0.3, 0.4) is 0 Å². The zero-order valence-corrected chi connectivity index (χ0v) is 20.3. The second-order valence-electron chi connectivity index (χ2n) is 9.51. The highest BCUT2D eigenvalue weighted by atomic mass is 127. The Labute approximate surface area is 186 Å². The van der Waals surface area contributed by atoms with Crippen LogP contribution >= 0.6 is 7.26 Å². The topological polar surface area (TPSA) is 0 Å². The second-order valence-corrected chi connectivity index (χ2v) is 14.0. The molecule has 1 aromatic carbocycles. The standard InChI is InChI=1S/C25H40P.HI/c1-5-13-22(14-6-1)21-26(23-15-7-2-8-16-23,24-17-9-3-10-18-24)25-19-11-4-12-20-25;/h1,5-6,13-14,23-25H,2-4,7-12,15-21H2;1H/q+1;/p-1. The Bertz CT molecular complexity index is 479. The van der Waals surface area contributed by atoms with Crippen LogP contribution in [0.1, 0.15) is 102 Å². The van der Waals surface area contributed by atoms with E-state index in [4.69, 9.17) is 0 Å². The smallest absolute Gasteiger partial charge is 0.0850 e. The monoisotopic (exact) mass is 498 g/mol. The zero-order valence-electron chi connectivity index (χ0n) is 17.3. The number of rotatable bonds is 5. The van der Waals surface area contributed by atoms with Gasteiger partial charge in [0.1, 0.15) is 0 Å². The minimum absolute atomic E-state index is 0. The molecule has 0 radical (unpaired) electrons. The minimum atomic E-state index is -0.944. The maximum absolute atomic E-state index is 2.46. The van der Waals surface area contributed by atoms with E-state index in [1.807, 2.05) is 0 Å². The van der Waals surface area contributed by atoms with E-state index in [0.717, 1.165) is 17.0 Å². The van der Waals surface area contributed by atoms with Crippen LogP contribution in [0.4, 0.5) is 0 Å². The lowest BCUT2D eigenvalue weighted by Gasteiger charge is -2.49. The van der Waals surface area contributed by atoms with Crippen LogP contribution in [-0.4, -0.2) is 17.0 Å². The van der Waals surface area contributed by atoms with Gasteiger partial charge in [-0.2, -0.15) is 0 Å². The third-order valence-electron chi connectivity index (χ3n) is 8.06. The van der Waals surface area contributed by atoms with E-state index in [0.29, 0.717) is 0 Å². The second kappa shape index (κ2) is 11.0. The van der Waals surface area contributed by atoms with Crippen molar-refractivity contribution in [1.29, 1.82) is 0 Å². The zero-order chi connectivity index (χ0) is 17.7. The van der Waals surface area contributed by atoms with Crippen LogP contribution in [0.25, 0.3) is 0 Å². The van der Waals surface area contributed by atoms with E-state index < -0.39 is 7.26 Å². The Hall–Kier alpha value is 0.380. The van der Waals surface area contributed by atoms with Gasteiger partial charge in [-0.1, -0.05) is 49.6 Å². The van der Waals surface area contributed by atoms with E-state index in [1.54, 1.807) is 44.1 Å². The van der Waals surface area contributed by atoms with E-state index in [2.05, 4.69) is 30.3 Å². The number of hydrogen-bond donors (Lipinski definition) is 0. The van der Waals surface area contributed by atoms with Crippen molar-refractivity contribution in [1.82, 2.24) is 0 Å². The molecule has 0 unspecified atom stereocenters. The molecule has 3 fully saturated rings. The maximum atomic E-state index is 2.46. The van der Waals surface area contributed by atoms with E-state index >= 15 is 0 Å². The molecule has 3 aliphatic carbocycles. The summed E-state index contributed by atoms with van der Waals surface area (Å²) in [5.74, 6) is 0. The molecule has 4 rings (SSSR count). The Kier molecular flexibility index (Phi) is 8.96. The van der Waals surface area contributed by atoms with Crippen molar-refractivity contribution in [2.45, 2.75) is 119 Å². The van der Waals surface area contributed by atoms with Crippen LogP contribution in [0.15, 0.2) is 30.3 Å². The van der Waals surface area contributed by atoms with Gasteiger partial charge >= 0.3 is 0 Å². The number of hydrogen-bond acceptors (Lipinski definition) is 0. The molecule has 0 aromatic heterocycles. The largest absolute Gasteiger partial charge is 1.00 e. The van der Waals surface area contributed by atoms with Crippen LogP contribution in [0, 0.1) is 0 Å². The lowest BCUT2D eigenvalue weighted by atomic mass is 9.99. The van der Waals surface area contributed by atoms with E-state index in [1.165, 1.54) is 63.9 Å². The molecule has 0 N–H and O–H groups in total. The molecule has 0 bridgehead atoms. The molecule has 152 valence electrons. The first-order chi connectivity index (χ1) is 12.9. The molecular formula is C25H40IP. The minimum Gasteiger partial charge on any atom is -1.00 e. The van der Waals surface area contributed by atoms with Crippen molar-refractivity contribution < 1.29 is 24.0 Å². The molecule has 27 heavy (non-hydrogen) atoms. The van der Waals surface area contributed by atoms with Crippen molar-refractivity contribution in [3.05, 3.63) is 35.9 Å². The highest BCUT2D eigenvalue weighted by Crippen LogP contribution is 2.78. The molecule has 0 spiro atoms. The van der Waals surface area contributed by atoms with Crippen LogP contribution in [-0.2, 0) is 6.16 Å². The van der Waals surface area contributed by atoms with Crippen LogP contribution < -0.4 is 24.0 Å². The summed E-state index contributed by atoms with van der Waals surface area (Å²) in [6.07, 6.45) is 24.7. The quantitative estimate of drug-likeness (QED) is 0.387. The Morgan fingerprint density at radius 2 is 0.926 bits per heavy atom. The summed E-state index contributed by atoms with van der Waals surface area (Å²) in [6.45, 7) is 0. The average Bonchev–Trinajstić information content (AvgIpc) is 2.75. The van der Waals surface area contributed by atoms with E-state index in [-0.39, 0.29) is 24.0 Å². The van der Waals surface area contributed by atoms with E-state index in [9.17, 15) is 0 Å². The van der Waals surface area contributed by atoms with Crippen molar-refractivity contribution >= 4 is 7.26 Å². The third kappa shape index (κ3) is 5.11. The third-order valence-corrected chi connectivity index (χ3v) is 14.6. The normalized spacial score (nSPS) is 23.7. The lowest BCUT2D eigenvalue weighted by molar-refractivity contribution is -0.00000544. The molecule has 0 saturated heterocycles. The predicted molar refractivity (Wildman–Crippen MR) is 118 cm³/mol. The summed E-state index contributed by atoms with van der Waals surface area (Å²) in [4.78, 5) is 0. The molecule has 0 aliphatic heterocycles. The van der Waals surface area contributed by atoms with Crippen molar-refractivity contribution in [3.63, 3.8) is 0 Å². The molecular weight excluding hydrogens is 458 g/mol. The summed E-state index contributed by atoms with van der Waals surface area (Å²) < 4.78 is 0. The molecule has 0 heterocycles. The highest BCUT2D eigenvalue weighted by molar-refractivity contribution is 7.77. The van der Waals surface area contributed by atoms with Crippen molar-refractivity contribution in [2.24, 2.45) is 0 Å². The molecule has 0 amide bonds. The lowest BCUT2D eigenvalue weighted by Crippen LogP contribution is -3.00. The first-order valence-electron chi connectivity index (χ1n) is 11.8. The summed E-state index contributed by atoms with van der Waals surface area (Å²) >= 11 is 0. The van der Waals surface area contributed by atoms with Gasteiger partial charge in [0, 0.05) is 7.26 Å². The number of halogens is 1. The van der Waals surface area contributed by atoms with Crippen molar-refractivity contribution in [2.75, 3.05) is 0 Å². The Morgan fingerprint density at radius 1 is 0.556 bits per heavy atom. The summed E-state index contributed by atoms with van der Waals surface area (Å²) in [7, 11) is -0.944. The molecule has 1 aromatic rings. The summed E-state index contributed by atoms with van der Waals surface area (Å²) in [6, 6.07) is 11.7. The predicted octanol–water partition coefficient (Wildman–Crippen LogP) is 5.21. The Balaban J connectivity index is 0.00000210. The number of benzene rings is 1. The molecule has 0 atom stereocenters. The fourth-order valence-electron chi connectivity index (χ4n) is 6.87. The average molecular weight is 498 g/mol. The molecule has 2 heteroatoms.